The van der Waals surface area contributed by atoms with Gasteiger partial charge in [0.2, 0.25) is 0 Å². The molecule has 0 aliphatic rings. The van der Waals surface area contributed by atoms with Crippen LogP contribution in [0.2, 0.25) is 0 Å². The maximum Gasteiger partial charge on any atom is 0.355 e. The molecule has 3 aromatic rings. The molecule has 0 aliphatic heterocycles. The summed E-state index contributed by atoms with van der Waals surface area (Å²) < 4.78 is 12.6. The number of nitrogens with zero attached hydrogens (tertiary/aromatic N) is 1. The largest absolute Gasteiger partial charge is 0.489 e. The summed E-state index contributed by atoms with van der Waals surface area (Å²) in [5, 5.41) is 2.73. The molecule has 2 aromatic carbocycles. The highest BCUT2D eigenvalue weighted by molar-refractivity contribution is 5.96. The fourth-order valence-corrected chi connectivity index (χ4v) is 2.57. The van der Waals surface area contributed by atoms with E-state index < -0.39 is 18.0 Å². The first-order valence-corrected chi connectivity index (χ1v) is 8.93. The molecule has 0 radical (unpaired) electrons. The van der Waals surface area contributed by atoms with Gasteiger partial charge >= 0.3 is 5.97 Å². The quantitative estimate of drug-likeness (QED) is 0.635. The van der Waals surface area contributed by atoms with E-state index in [9.17, 15) is 9.59 Å². The number of carbonyl (C=O) groups excluding carboxylic acids is 2. The number of aromatic nitrogens is 1. The predicted octanol–water partition coefficient (Wildman–Crippen LogP) is 3.79. The van der Waals surface area contributed by atoms with Crippen LogP contribution in [0.15, 0.2) is 72.9 Å². The van der Waals surface area contributed by atoms with Crippen LogP contribution in [-0.2, 0) is 23.2 Å². The van der Waals surface area contributed by atoms with Crippen molar-refractivity contribution in [2.75, 3.05) is 5.32 Å². The van der Waals surface area contributed by atoms with Crippen molar-refractivity contribution in [3.05, 3.63) is 84.2 Å². The molecular formula is C22H22N2O4. The number of carbonyl (C=O) groups is 2. The molecule has 0 spiro atoms. The van der Waals surface area contributed by atoms with Crippen molar-refractivity contribution in [2.24, 2.45) is 7.05 Å². The summed E-state index contributed by atoms with van der Waals surface area (Å²) in [6.07, 6.45) is 0.819. The van der Waals surface area contributed by atoms with Crippen LogP contribution in [0.5, 0.6) is 5.75 Å². The first-order chi connectivity index (χ1) is 13.5. The molecule has 1 amide bonds. The van der Waals surface area contributed by atoms with Crippen LogP contribution in [0.3, 0.4) is 0 Å². The molecular weight excluding hydrogens is 356 g/mol. The van der Waals surface area contributed by atoms with Gasteiger partial charge in [0.25, 0.3) is 5.91 Å². The highest BCUT2D eigenvalue weighted by Gasteiger charge is 2.20. The number of rotatable bonds is 7. The third-order valence-corrected chi connectivity index (χ3v) is 4.18. The first kappa shape index (κ1) is 19.2. The molecule has 28 heavy (non-hydrogen) atoms. The normalized spacial score (nSPS) is 11.5. The van der Waals surface area contributed by atoms with Crippen LogP contribution in [0.4, 0.5) is 5.69 Å². The number of anilines is 1. The Morgan fingerprint density at radius 2 is 1.71 bits per heavy atom. The van der Waals surface area contributed by atoms with Gasteiger partial charge in [0.1, 0.15) is 18.1 Å². The van der Waals surface area contributed by atoms with Crippen LogP contribution >= 0.6 is 0 Å². The van der Waals surface area contributed by atoms with Crippen LogP contribution in [0, 0.1) is 0 Å². The lowest BCUT2D eigenvalue weighted by Gasteiger charge is -2.14. The van der Waals surface area contributed by atoms with E-state index in [1.807, 2.05) is 30.3 Å². The molecule has 6 nitrogen and oxygen atoms in total. The highest BCUT2D eigenvalue weighted by atomic mass is 16.5. The van der Waals surface area contributed by atoms with Crippen molar-refractivity contribution in [3.8, 4) is 5.75 Å². The number of amides is 1. The second kappa shape index (κ2) is 8.90. The summed E-state index contributed by atoms with van der Waals surface area (Å²) in [7, 11) is 1.74. The van der Waals surface area contributed by atoms with E-state index in [2.05, 4.69) is 5.32 Å². The maximum absolute atomic E-state index is 12.3. The van der Waals surface area contributed by atoms with Gasteiger partial charge in [-0.15, -0.1) is 0 Å². The summed E-state index contributed by atoms with van der Waals surface area (Å²) in [6.45, 7) is 2.01. The van der Waals surface area contributed by atoms with E-state index in [1.54, 1.807) is 54.2 Å². The van der Waals surface area contributed by atoms with Gasteiger partial charge in [-0.25, -0.2) is 4.79 Å². The van der Waals surface area contributed by atoms with Gasteiger partial charge in [0, 0.05) is 18.9 Å². The molecule has 0 saturated carbocycles. The third-order valence-electron chi connectivity index (χ3n) is 4.18. The number of aryl methyl sites for hydroxylation is 1. The third kappa shape index (κ3) is 5.01. The zero-order valence-electron chi connectivity index (χ0n) is 15.8. The topological polar surface area (TPSA) is 69.6 Å². The van der Waals surface area contributed by atoms with Gasteiger partial charge in [-0.05, 0) is 48.9 Å². The van der Waals surface area contributed by atoms with Gasteiger partial charge in [0.15, 0.2) is 6.10 Å². The van der Waals surface area contributed by atoms with E-state index in [0.29, 0.717) is 23.7 Å². The molecule has 0 fully saturated rings. The Hall–Kier alpha value is -3.54. The molecule has 1 aromatic heterocycles. The number of hydrogen-bond acceptors (Lipinski definition) is 4. The van der Waals surface area contributed by atoms with Crippen LogP contribution < -0.4 is 10.1 Å². The van der Waals surface area contributed by atoms with Gasteiger partial charge < -0.3 is 19.4 Å². The average molecular weight is 378 g/mol. The molecule has 6 heteroatoms. The second-order valence-corrected chi connectivity index (χ2v) is 6.34. The van der Waals surface area contributed by atoms with E-state index in [-0.39, 0.29) is 0 Å². The summed E-state index contributed by atoms with van der Waals surface area (Å²) in [5.41, 5.74) is 2.06. The minimum Gasteiger partial charge on any atom is -0.489 e. The number of nitrogens with one attached hydrogen (secondary N) is 1. The van der Waals surface area contributed by atoms with Crippen molar-refractivity contribution in [3.63, 3.8) is 0 Å². The van der Waals surface area contributed by atoms with Crippen LogP contribution in [0.1, 0.15) is 23.0 Å². The van der Waals surface area contributed by atoms with Crippen molar-refractivity contribution in [2.45, 2.75) is 19.6 Å². The zero-order chi connectivity index (χ0) is 19.9. The Balaban J connectivity index is 1.51. The Bertz CT molecular complexity index is 933. The number of hydrogen-bond donors (Lipinski definition) is 1. The summed E-state index contributed by atoms with van der Waals surface area (Å²) in [5.74, 6) is -0.245. The Morgan fingerprint density at radius 3 is 2.36 bits per heavy atom. The SMILES string of the molecule is C[C@H](OC(=O)c1cccn1C)C(=O)Nc1ccc(OCc2ccccc2)cc1. The minimum atomic E-state index is -0.920. The van der Waals surface area contributed by atoms with Gasteiger partial charge in [0.05, 0.1) is 0 Å². The van der Waals surface area contributed by atoms with Crippen LogP contribution in [0.25, 0.3) is 0 Å². The van der Waals surface area contributed by atoms with E-state index in [4.69, 9.17) is 9.47 Å². The van der Waals surface area contributed by atoms with E-state index in [1.165, 1.54) is 6.92 Å². The molecule has 1 heterocycles. The van der Waals surface area contributed by atoms with Crippen molar-refractivity contribution in [1.29, 1.82) is 0 Å². The molecule has 0 bridgehead atoms. The molecule has 1 N–H and O–H groups in total. The van der Waals surface area contributed by atoms with E-state index in [0.717, 1.165) is 5.56 Å². The Kier molecular flexibility index (Phi) is 6.11. The lowest BCUT2D eigenvalue weighted by Crippen LogP contribution is -2.30. The van der Waals surface area contributed by atoms with Crippen molar-refractivity contribution < 1.29 is 19.1 Å². The summed E-state index contributed by atoms with van der Waals surface area (Å²) in [6, 6.07) is 20.3. The summed E-state index contributed by atoms with van der Waals surface area (Å²) >= 11 is 0. The van der Waals surface area contributed by atoms with Gasteiger partial charge in [-0.3, -0.25) is 4.79 Å². The predicted molar refractivity (Wildman–Crippen MR) is 106 cm³/mol. The Labute approximate surface area is 163 Å². The molecule has 0 unspecified atom stereocenters. The lowest BCUT2D eigenvalue weighted by atomic mass is 10.2. The minimum absolute atomic E-state index is 0.388. The monoisotopic (exact) mass is 378 g/mol. The molecule has 3 rings (SSSR count). The van der Waals surface area contributed by atoms with E-state index >= 15 is 0 Å². The maximum atomic E-state index is 12.3. The van der Waals surface area contributed by atoms with Crippen molar-refractivity contribution in [1.82, 2.24) is 4.57 Å². The van der Waals surface area contributed by atoms with Gasteiger partial charge in [-0.1, -0.05) is 30.3 Å². The molecule has 144 valence electrons. The molecule has 0 aliphatic carbocycles. The smallest absolute Gasteiger partial charge is 0.355 e. The standard InChI is InChI=1S/C22H22N2O4/c1-16(28-22(26)20-9-6-14-24(20)2)21(25)23-18-10-12-19(13-11-18)27-15-17-7-4-3-5-8-17/h3-14,16H,15H2,1-2H3,(H,23,25)/t16-/m0/s1. The average Bonchev–Trinajstić information content (AvgIpc) is 3.14. The number of esters is 1. The second-order valence-electron chi connectivity index (χ2n) is 6.34. The van der Waals surface area contributed by atoms with Gasteiger partial charge in [-0.2, -0.15) is 0 Å². The fourth-order valence-electron chi connectivity index (χ4n) is 2.57. The first-order valence-electron chi connectivity index (χ1n) is 8.93. The zero-order valence-corrected chi connectivity index (χ0v) is 15.8. The van der Waals surface area contributed by atoms with Crippen LogP contribution in [-0.4, -0.2) is 22.5 Å². The molecule has 0 saturated heterocycles. The number of benzene rings is 2. The molecule has 1 atom stereocenters. The lowest BCUT2D eigenvalue weighted by molar-refractivity contribution is -0.123. The number of ether oxygens (including phenoxy) is 2. The fraction of sp³-hybridized carbons (Fsp3) is 0.182. The highest BCUT2D eigenvalue weighted by Crippen LogP contribution is 2.17. The van der Waals surface area contributed by atoms with Crippen molar-refractivity contribution >= 4 is 17.6 Å². The Morgan fingerprint density at radius 1 is 1.00 bits per heavy atom. The summed E-state index contributed by atoms with van der Waals surface area (Å²) in [4.78, 5) is 24.4.